The number of nitrogens with two attached hydrogens (primary N) is 1. The van der Waals surface area contributed by atoms with E-state index in [-0.39, 0.29) is 29.7 Å². The van der Waals surface area contributed by atoms with Crippen LogP contribution in [0.5, 0.6) is 5.75 Å². The van der Waals surface area contributed by atoms with E-state index in [2.05, 4.69) is 24.1 Å². The van der Waals surface area contributed by atoms with Crippen molar-refractivity contribution in [3.05, 3.63) is 29.8 Å². The van der Waals surface area contributed by atoms with Gasteiger partial charge < -0.3 is 15.8 Å². The van der Waals surface area contributed by atoms with Crippen LogP contribution in [0, 0.1) is 11.8 Å². The first-order valence-electron chi connectivity index (χ1n) is 8.85. The van der Waals surface area contributed by atoms with Crippen molar-refractivity contribution >= 4 is 11.8 Å². The molecule has 1 fully saturated rings. The lowest BCUT2D eigenvalue weighted by molar-refractivity contribution is -0.124. The van der Waals surface area contributed by atoms with Gasteiger partial charge in [-0.3, -0.25) is 14.5 Å². The standard InChI is InChI=1S/C19H29N3O3/c1-13(2)18(14-4-6-16(25-3)7-5-14)21-17(23)12-22-10-8-15(9-11-22)19(20)24/h4-7,13,15,18H,8-12H2,1-3H3,(H2,20,24)(H,21,23)/t18-/m1/s1. The smallest absolute Gasteiger partial charge is 0.234 e. The average Bonchev–Trinajstić information content (AvgIpc) is 2.60. The summed E-state index contributed by atoms with van der Waals surface area (Å²) in [6.45, 7) is 6.00. The highest BCUT2D eigenvalue weighted by Crippen LogP contribution is 2.24. The Hall–Kier alpha value is -2.08. The Balaban J connectivity index is 1.91. The average molecular weight is 347 g/mol. The summed E-state index contributed by atoms with van der Waals surface area (Å²) in [5.41, 5.74) is 6.42. The van der Waals surface area contributed by atoms with E-state index in [1.807, 2.05) is 24.3 Å². The third-order valence-electron chi connectivity index (χ3n) is 4.82. The number of nitrogens with zero attached hydrogens (tertiary/aromatic N) is 1. The number of carbonyl (C=O) groups excluding carboxylic acids is 2. The predicted octanol–water partition coefficient (Wildman–Crippen LogP) is 1.71. The summed E-state index contributed by atoms with van der Waals surface area (Å²) in [5, 5.41) is 3.14. The molecule has 6 heteroatoms. The molecule has 0 spiro atoms. The molecule has 3 N–H and O–H groups in total. The van der Waals surface area contributed by atoms with Gasteiger partial charge in [-0.25, -0.2) is 0 Å². The number of rotatable bonds is 7. The van der Waals surface area contributed by atoms with Crippen molar-refractivity contribution in [1.82, 2.24) is 10.2 Å². The van der Waals surface area contributed by atoms with E-state index in [1.54, 1.807) is 7.11 Å². The Morgan fingerprint density at radius 3 is 2.32 bits per heavy atom. The number of piperidine rings is 1. The van der Waals surface area contributed by atoms with Crippen LogP contribution in [0.1, 0.15) is 38.3 Å². The maximum atomic E-state index is 12.5. The molecule has 0 aromatic heterocycles. The molecule has 0 aliphatic carbocycles. The maximum Gasteiger partial charge on any atom is 0.234 e. The number of ether oxygens (including phenoxy) is 1. The minimum Gasteiger partial charge on any atom is -0.497 e. The lowest BCUT2D eigenvalue weighted by Gasteiger charge is -2.31. The summed E-state index contributed by atoms with van der Waals surface area (Å²) in [4.78, 5) is 25.8. The minimum absolute atomic E-state index is 0.00652. The second kappa shape index (κ2) is 8.85. The van der Waals surface area contributed by atoms with Crippen molar-refractivity contribution in [3.63, 3.8) is 0 Å². The highest BCUT2D eigenvalue weighted by atomic mass is 16.5. The van der Waals surface area contributed by atoms with Gasteiger partial charge in [0.1, 0.15) is 5.75 Å². The summed E-state index contributed by atoms with van der Waals surface area (Å²) in [6, 6.07) is 7.75. The van der Waals surface area contributed by atoms with Gasteiger partial charge >= 0.3 is 0 Å². The van der Waals surface area contributed by atoms with Gasteiger partial charge in [0.2, 0.25) is 11.8 Å². The number of hydrogen-bond acceptors (Lipinski definition) is 4. The van der Waals surface area contributed by atoms with Gasteiger partial charge in [0.25, 0.3) is 0 Å². The van der Waals surface area contributed by atoms with Gasteiger partial charge in [0.05, 0.1) is 19.7 Å². The number of carbonyl (C=O) groups is 2. The molecule has 0 unspecified atom stereocenters. The van der Waals surface area contributed by atoms with Gasteiger partial charge in [-0.1, -0.05) is 26.0 Å². The van der Waals surface area contributed by atoms with Crippen molar-refractivity contribution in [2.75, 3.05) is 26.7 Å². The zero-order chi connectivity index (χ0) is 18.4. The largest absolute Gasteiger partial charge is 0.497 e. The summed E-state index contributed by atoms with van der Waals surface area (Å²) in [5.74, 6) is 0.797. The van der Waals surface area contributed by atoms with Crippen LogP contribution in [-0.2, 0) is 9.59 Å². The van der Waals surface area contributed by atoms with Crippen LogP contribution in [0.15, 0.2) is 24.3 Å². The molecule has 2 rings (SSSR count). The molecule has 1 aliphatic rings. The fourth-order valence-corrected chi connectivity index (χ4v) is 3.24. The molecule has 1 aromatic carbocycles. The second-order valence-corrected chi connectivity index (χ2v) is 7.02. The summed E-state index contributed by atoms with van der Waals surface area (Å²) >= 11 is 0. The molecule has 2 amide bonds. The van der Waals surface area contributed by atoms with Crippen LogP contribution >= 0.6 is 0 Å². The molecule has 1 saturated heterocycles. The lowest BCUT2D eigenvalue weighted by Crippen LogP contribution is -2.44. The van der Waals surface area contributed by atoms with Crippen molar-refractivity contribution in [2.45, 2.75) is 32.7 Å². The predicted molar refractivity (Wildman–Crippen MR) is 97.1 cm³/mol. The molecule has 1 aromatic rings. The van der Waals surface area contributed by atoms with E-state index in [1.165, 1.54) is 0 Å². The Kier molecular flexibility index (Phi) is 6.82. The second-order valence-electron chi connectivity index (χ2n) is 7.02. The SMILES string of the molecule is COc1ccc([C@H](NC(=O)CN2CCC(C(N)=O)CC2)C(C)C)cc1. The van der Waals surface area contributed by atoms with E-state index in [4.69, 9.17) is 10.5 Å². The monoisotopic (exact) mass is 347 g/mol. The molecule has 1 aliphatic heterocycles. The Labute approximate surface area is 149 Å². The molecule has 6 nitrogen and oxygen atoms in total. The zero-order valence-electron chi connectivity index (χ0n) is 15.3. The fraction of sp³-hybridized carbons (Fsp3) is 0.579. The Bertz CT molecular complexity index is 578. The highest BCUT2D eigenvalue weighted by molar-refractivity contribution is 5.79. The van der Waals surface area contributed by atoms with Crippen LogP contribution in [0.3, 0.4) is 0 Å². The quantitative estimate of drug-likeness (QED) is 0.786. The summed E-state index contributed by atoms with van der Waals surface area (Å²) in [6.07, 6.45) is 1.46. The number of amides is 2. The van der Waals surface area contributed by atoms with Crippen LogP contribution < -0.4 is 15.8 Å². The van der Waals surface area contributed by atoms with Gasteiger partial charge in [0, 0.05) is 5.92 Å². The van der Waals surface area contributed by atoms with Crippen molar-refractivity contribution in [1.29, 1.82) is 0 Å². The van der Waals surface area contributed by atoms with Crippen LogP contribution in [0.25, 0.3) is 0 Å². The molecule has 138 valence electrons. The van der Waals surface area contributed by atoms with E-state index in [0.29, 0.717) is 6.54 Å². The zero-order valence-corrected chi connectivity index (χ0v) is 15.3. The first-order valence-corrected chi connectivity index (χ1v) is 8.85. The number of primary amides is 1. The molecular weight excluding hydrogens is 318 g/mol. The Morgan fingerprint density at radius 2 is 1.84 bits per heavy atom. The third kappa shape index (κ3) is 5.46. The topological polar surface area (TPSA) is 84.7 Å². The number of hydrogen-bond donors (Lipinski definition) is 2. The van der Waals surface area contributed by atoms with E-state index in [9.17, 15) is 9.59 Å². The van der Waals surface area contributed by atoms with E-state index < -0.39 is 0 Å². The van der Waals surface area contributed by atoms with Gasteiger partial charge in [-0.05, 0) is 49.5 Å². The van der Waals surface area contributed by atoms with Gasteiger partial charge in [-0.2, -0.15) is 0 Å². The molecule has 1 atom stereocenters. The normalized spacial score (nSPS) is 17.3. The van der Waals surface area contributed by atoms with Gasteiger partial charge in [-0.15, -0.1) is 0 Å². The Morgan fingerprint density at radius 1 is 1.24 bits per heavy atom. The first kappa shape index (κ1) is 19.2. The molecule has 1 heterocycles. The van der Waals surface area contributed by atoms with E-state index in [0.717, 1.165) is 37.2 Å². The third-order valence-corrected chi connectivity index (χ3v) is 4.82. The first-order chi connectivity index (χ1) is 11.9. The molecule has 0 radical (unpaired) electrons. The molecule has 0 bridgehead atoms. The molecule has 0 saturated carbocycles. The van der Waals surface area contributed by atoms with Crippen molar-refractivity contribution in [2.24, 2.45) is 17.6 Å². The van der Waals surface area contributed by atoms with Crippen molar-refractivity contribution < 1.29 is 14.3 Å². The van der Waals surface area contributed by atoms with Crippen LogP contribution in [-0.4, -0.2) is 43.5 Å². The van der Waals surface area contributed by atoms with Crippen molar-refractivity contribution in [3.8, 4) is 5.75 Å². The maximum absolute atomic E-state index is 12.5. The lowest BCUT2D eigenvalue weighted by atomic mass is 9.95. The van der Waals surface area contributed by atoms with Crippen LogP contribution in [0.4, 0.5) is 0 Å². The van der Waals surface area contributed by atoms with Gasteiger partial charge in [0.15, 0.2) is 0 Å². The number of nitrogens with one attached hydrogen (secondary N) is 1. The summed E-state index contributed by atoms with van der Waals surface area (Å²) < 4.78 is 5.19. The highest BCUT2D eigenvalue weighted by Gasteiger charge is 2.25. The molecular formula is C19H29N3O3. The van der Waals surface area contributed by atoms with E-state index >= 15 is 0 Å². The van der Waals surface area contributed by atoms with Crippen LogP contribution in [0.2, 0.25) is 0 Å². The number of likely N-dealkylation sites (tertiary alicyclic amines) is 1. The number of methoxy groups -OCH3 is 1. The number of benzene rings is 1. The minimum atomic E-state index is -0.233. The summed E-state index contributed by atoms with van der Waals surface area (Å²) in [7, 11) is 1.64. The molecule has 25 heavy (non-hydrogen) atoms. The fourth-order valence-electron chi connectivity index (χ4n) is 3.24.